The Hall–Kier alpha value is -4.28. The quantitative estimate of drug-likeness (QED) is 0.207. The zero-order valence-corrected chi connectivity index (χ0v) is 19.0. The van der Waals surface area contributed by atoms with Gasteiger partial charge in [0.15, 0.2) is 0 Å². The van der Waals surface area contributed by atoms with Crippen LogP contribution in [0.2, 0.25) is 5.28 Å². The number of amides is 1. The van der Waals surface area contributed by atoms with Gasteiger partial charge in [-0.1, -0.05) is 42.5 Å². The van der Waals surface area contributed by atoms with Crippen LogP contribution < -0.4 is 10.1 Å². The fraction of sp³-hybridized carbons (Fsp3) is 0.0769. The fourth-order valence-electron chi connectivity index (χ4n) is 3.37. The van der Waals surface area contributed by atoms with Crippen molar-refractivity contribution in [3.8, 4) is 17.7 Å². The van der Waals surface area contributed by atoms with Crippen molar-refractivity contribution in [2.75, 3.05) is 5.32 Å². The standard InChI is InChI=1S/C26H18ClFN4O2/c1-15-7-8-16(2)22(11-15)31-24(33)18(13-29)12-20-19-6-4-3-5-17(19)9-10-23(20)34-25-21(28)14-30-26(27)32-25/h3-12,14H,1-2H3,(H,31,33)/b18-12+. The maximum absolute atomic E-state index is 14.2. The summed E-state index contributed by atoms with van der Waals surface area (Å²) >= 11 is 5.79. The number of carbonyl (C=O) groups excluding carboxylic acids is 1. The van der Waals surface area contributed by atoms with Crippen molar-refractivity contribution in [3.63, 3.8) is 0 Å². The third-order valence-corrected chi connectivity index (χ3v) is 5.30. The summed E-state index contributed by atoms with van der Waals surface area (Å²) in [6.07, 6.45) is 2.32. The number of nitrogens with one attached hydrogen (secondary N) is 1. The van der Waals surface area contributed by atoms with Crippen molar-refractivity contribution in [2.24, 2.45) is 0 Å². The van der Waals surface area contributed by atoms with Crippen LogP contribution in [0.5, 0.6) is 11.6 Å². The molecule has 0 unspecified atom stereocenters. The molecule has 1 heterocycles. The number of hydrogen-bond donors (Lipinski definition) is 1. The second-order valence-corrected chi connectivity index (χ2v) is 7.87. The van der Waals surface area contributed by atoms with Gasteiger partial charge in [0.05, 0.1) is 6.20 Å². The number of ether oxygens (including phenoxy) is 1. The Kier molecular flexibility index (Phi) is 6.53. The minimum atomic E-state index is -0.805. The van der Waals surface area contributed by atoms with Crippen LogP contribution in [-0.2, 0) is 4.79 Å². The predicted octanol–water partition coefficient (Wildman–Crippen LogP) is 6.38. The average molecular weight is 473 g/mol. The monoisotopic (exact) mass is 472 g/mol. The second kappa shape index (κ2) is 9.69. The molecule has 0 bridgehead atoms. The van der Waals surface area contributed by atoms with E-state index in [1.807, 2.05) is 62.4 Å². The number of rotatable bonds is 5. The Bertz CT molecular complexity index is 1490. The molecule has 4 aromatic rings. The highest BCUT2D eigenvalue weighted by molar-refractivity contribution is 6.28. The SMILES string of the molecule is Cc1ccc(C)c(NC(=O)/C(C#N)=C/c2c(Oc3nc(Cl)ncc3F)ccc3ccccc23)c1. The molecule has 1 aromatic heterocycles. The van der Waals surface area contributed by atoms with E-state index in [0.717, 1.165) is 22.7 Å². The summed E-state index contributed by atoms with van der Waals surface area (Å²) in [5, 5.41) is 13.9. The first-order valence-corrected chi connectivity index (χ1v) is 10.6. The summed E-state index contributed by atoms with van der Waals surface area (Å²) in [6.45, 7) is 3.78. The van der Waals surface area contributed by atoms with E-state index in [0.29, 0.717) is 16.6 Å². The predicted molar refractivity (Wildman–Crippen MR) is 129 cm³/mol. The fourth-order valence-corrected chi connectivity index (χ4v) is 3.50. The highest BCUT2D eigenvalue weighted by Crippen LogP contribution is 2.34. The first-order valence-electron chi connectivity index (χ1n) is 10.2. The number of nitrogens with zero attached hydrogens (tertiary/aromatic N) is 3. The number of benzene rings is 3. The van der Waals surface area contributed by atoms with Crippen molar-refractivity contribution in [3.05, 3.63) is 94.2 Å². The molecule has 0 saturated carbocycles. The number of halogens is 2. The van der Waals surface area contributed by atoms with Gasteiger partial charge in [0.25, 0.3) is 11.8 Å². The second-order valence-electron chi connectivity index (χ2n) is 7.54. The molecule has 0 aliphatic rings. The van der Waals surface area contributed by atoms with Crippen molar-refractivity contribution >= 4 is 40.0 Å². The van der Waals surface area contributed by atoms with Crippen LogP contribution in [0, 0.1) is 31.0 Å². The zero-order valence-electron chi connectivity index (χ0n) is 18.3. The summed E-state index contributed by atoms with van der Waals surface area (Å²) in [5.74, 6) is -1.56. The molecule has 0 spiro atoms. The van der Waals surface area contributed by atoms with Gasteiger partial charge in [0.1, 0.15) is 17.4 Å². The van der Waals surface area contributed by atoms with Crippen LogP contribution >= 0.6 is 11.6 Å². The maximum atomic E-state index is 14.2. The minimum Gasteiger partial charge on any atom is -0.436 e. The Labute approximate surface area is 200 Å². The van der Waals surface area contributed by atoms with E-state index in [-0.39, 0.29) is 22.5 Å². The lowest BCUT2D eigenvalue weighted by atomic mass is 10.0. The molecule has 4 rings (SSSR count). The van der Waals surface area contributed by atoms with Crippen LogP contribution in [0.1, 0.15) is 16.7 Å². The molecule has 0 aliphatic heterocycles. The van der Waals surface area contributed by atoms with E-state index in [1.165, 1.54) is 6.08 Å². The van der Waals surface area contributed by atoms with Gasteiger partial charge in [0, 0.05) is 11.3 Å². The Balaban J connectivity index is 1.80. The minimum absolute atomic E-state index is 0.150. The molecule has 0 saturated heterocycles. The molecule has 0 aliphatic carbocycles. The first-order chi connectivity index (χ1) is 16.4. The Morgan fingerprint density at radius 3 is 2.76 bits per heavy atom. The van der Waals surface area contributed by atoms with Crippen molar-refractivity contribution in [2.45, 2.75) is 13.8 Å². The third-order valence-electron chi connectivity index (χ3n) is 5.11. The molecular weight excluding hydrogens is 455 g/mol. The van der Waals surface area contributed by atoms with Crippen molar-refractivity contribution in [1.29, 1.82) is 5.26 Å². The van der Waals surface area contributed by atoms with Crippen molar-refractivity contribution in [1.82, 2.24) is 9.97 Å². The van der Waals surface area contributed by atoms with Crippen LogP contribution in [0.4, 0.5) is 10.1 Å². The number of anilines is 1. The lowest BCUT2D eigenvalue weighted by Crippen LogP contribution is -2.14. The van der Waals surface area contributed by atoms with Gasteiger partial charge in [-0.15, -0.1) is 0 Å². The first kappa shape index (κ1) is 22.9. The highest BCUT2D eigenvalue weighted by atomic mass is 35.5. The molecule has 3 aromatic carbocycles. The summed E-state index contributed by atoms with van der Waals surface area (Å²) in [7, 11) is 0. The van der Waals surface area contributed by atoms with Gasteiger partial charge >= 0.3 is 0 Å². The molecule has 8 heteroatoms. The number of fused-ring (bicyclic) bond motifs is 1. The molecule has 168 valence electrons. The molecular formula is C26H18ClFN4O2. The van der Waals surface area contributed by atoms with E-state index < -0.39 is 11.7 Å². The summed E-state index contributed by atoms with van der Waals surface area (Å²) in [6, 6.07) is 18.4. The average Bonchev–Trinajstić information content (AvgIpc) is 2.82. The van der Waals surface area contributed by atoms with Gasteiger partial charge in [-0.3, -0.25) is 4.79 Å². The van der Waals surface area contributed by atoms with Crippen LogP contribution in [-0.4, -0.2) is 15.9 Å². The Morgan fingerprint density at radius 2 is 1.97 bits per heavy atom. The maximum Gasteiger partial charge on any atom is 0.266 e. The van der Waals surface area contributed by atoms with Gasteiger partial charge in [-0.05, 0) is 65.6 Å². The highest BCUT2D eigenvalue weighted by Gasteiger charge is 2.17. The van der Waals surface area contributed by atoms with E-state index in [4.69, 9.17) is 16.3 Å². The molecule has 0 fully saturated rings. The molecule has 1 amide bonds. The third kappa shape index (κ3) is 4.87. The van der Waals surface area contributed by atoms with Gasteiger partial charge in [-0.2, -0.15) is 14.6 Å². The van der Waals surface area contributed by atoms with E-state index in [2.05, 4.69) is 15.3 Å². The van der Waals surface area contributed by atoms with E-state index >= 15 is 0 Å². The topological polar surface area (TPSA) is 87.9 Å². The smallest absolute Gasteiger partial charge is 0.266 e. The summed E-state index contributed by atoms with van der Waals surface area (Å²) in [4.78, 5) is 20.3. The van der Waals surface area contributed by atoms with Gasteiger partial charge in [0.2, 0.25) is 11.1 Å². The van der Waals surface area contributed by atoms with Crippen LogP contribution in [0.15, 0.2) is 66.4 Å². The number of hydrogen-bond acceptors (Lipinski definition) is 5. The van der Waals surface area contributed by atoms with Crippen molar-refractivity contribution < 1.29 is 13.9 Å². The van der Waals surface area contributed by atoms with Gasteiger partial charge < -0.3 is 10.1 Å². The number of carbonyl (C=O) groups is 1. The van der Waals surface area contributed by atoms with Gasteiger partial charge in [-0.25, -0.2) is 4.98 Å². The number of aromatic nitrogens is 2. The summed E-state index contributed by atoms with van der Waals surface area (Å²) < 4.78 is 19.9. The normalized spacial score (nSPS) is 11.2. The number of nitriles is 1. The zero-order chi connectivity index (χ0) is 24.2. The molecule has 0 radical (unpaired) electrons. The Morgan fingerprint density at radius 1 is 1.18 bits per heavy atom. The largest absolute Gasteiger partial charge is 0.436 e. The molecule has 0 atom stereocenters. The van der Waals surface area contributed by atoms with E-state index in [1.54, 1.807) is 12.1 Å². The van der Waals surface area contributed by atoms with E-state index in [9.17, 15) is 14.4 Å². The molecule has 6 nitrogen and oxygen atoms in total. The molecule has 34 heavy (non-hydrogen) atoms. The van der Waals surface area contributed by atoms with Crippen LogP contribution in [0.25, 0.3) is 16.8 Å². The number of aryl methyl sites for hydroxylation is 2. The van der Waals surface area contributed by atoms with Crippen LogP contribution in [0.3, 0.4) is 0 Å². The summed E-state index contributed by atoms with van der Waals surface area (Å²) in [5.41, 5.74) is 2.71. The molecule has 1 N–H and O–H groups in total. The lowest BCUT2D eigenvalue weighted by molar-refractivity contribution is -0.112. The lowest BCUT2D eigenvalue weighted by Gasteiger charge is -2.13.